The van der Waals surface area contributed by atoms with Crippen molar-refractivity contribution < 1.29 is 0 Å². The van der Waals surface area contributed by atoms with Gasteiger partial charge in [-0.2, -0.15) is 4.37 Å². The molecule has 0 bridgehead atoms. The van der Waals surface area contributed by atoms with Gasteiger partial charge in [-0.05, 0) is 17.5 Å². The molecule has 0 radical (unpaired) electrons. The molecule has 2 heterocycles. The molecule has 3 nitrogen and oxygen atoms in total. The Kier molecular flexibility index (Phi) is 2.46. The van der Waals surface area contributed by atoms with E-state index in [1.165, 1.54) is 11.5 Å². The molecule has 0 saturated heterocycles. The average molecular weight is 207 g/mol. The Bertz CT molecular complexity index is 448. The molecule has 2 aromatic rings. The van der Waals surface area contributed by atoms with Gasteiger partial charge in [0.1, 0.15) is 10.7 Å². The summed E-state index contributed by atoms with van der Waals surface area (Å²) >= 11 is 1.47. The Labute approximate surface area is 87.4 Å². The zero-order chi connectivity index (χ0) is 10.1. The Hall–Kier alpha value is -1.03. The molecule has 14 heavy (non-hydrogen) atoms. The van der Waals surface area contributed by atoms with E-state index in [-0.39, 0.29) is 0 Å². The maximum absolute atomic E-state index is 4.44. The van der Waals surface area contributed by atoms with E-state index in [2.05, 4.69) is 35.1 Å². The van der Waals surface area contributed by atoms with Gasteiger partial charge in [0.25, 0.3) is 0 Å². The highest BCUT2D eigenvalue weighted by Crippen LogP contribution is 2.25. The summed E-state index contributed by atoms with van der Waals surface area (Å²) in [6, 6.07) is 0. The van der Waals surface area contributed by atoms with Crippen LogP contribution in [0.1, 0.15) is 38.2 Å². The molecule has 2 aromatic heterocycles. The quantitative estimate of drug-likeness (QED) is 0.760. The van der Waals surface area contributed by atoms with Crippen LogP contribution in [0, 0.1) is 0 Å². The average Bonchev–Trinajstić information content (AvgIpc) is 2.59. The molecular weight excluding hydrogens is 194 g/mol. The standard InChI is InChI=1S/C10H13N3S/c1-4-8-11-5-7-9(6(2)3)13-14-10(7)12-8/h5-6H,4H2,1-3H3. The molecule has 0 N–H and O–H groups in total. The summed E-state index contributed by atoms with van der Waals surface area (Å²) in [6.07, 6.45) is 2.78. The summed E-state index contributed by atoms with van der Waals surface area (Å²) in [7, 11) is 0. The Morgan fingerprint density at radius 2 is 2.21 bits per heavy atom. The molecule has 74 valence electrons. The molecule has 0 aliphatic heterocycles. The van der Waals surface area contributed by atoms with Crippen molar-refractivity contribution in [3.8, 4) is 0 Å². The largest absolute Gasteiger partial charge is 0.241 e. The Morgan fingerprint density at radius 1 is 1.43 bits per heavy atom. The second-order valence-corrected chi connectivity index (χ2v) is 4.33. The van der Waals surface area contributed by atoms with Crippen LogP contribution in [-0.4, -0.2) is 14.3 Å². The third kappa shape index (κ3) is 1.50. The van der Waals surface area contributed by atoms with Crippen LogP contribution in [0.4, 0.5) is 0 Å². The molecule has 0 atom stereocenters. The van der Waals surface area contributed by atoms with Crippen LogP contribution < -0.4 is 0 Å². The minimum atomic E-state index is 0.444. The van der Waals surface area contributed by atoms with Crippen molar-refractivity contribution in [3.63, 3.8) is 0 Å². The number of fused-ring (bicyclic) bond motifs is 1. The van der Waals surface area contributed by atoms with Gasteiger partial charge in [-0.15, -0.1) is 0 Å². The minimum absolute atomic E-state index is 0.444. The van der Waals surface area contributed by atoms with E-state index in [0.29, 0.717) is 5.92 Å². The highest BCUT2D eigenvalue weighted by atomic mass is 32.1. The fraction of sp³-hybridized carbons (Fsp3) is 0.500. The lowest BCUT2D eigenvalue weighted by Gasteiger charge is -1.99. The van der Waals surface area contributed by atoms with Gasteiger partial charge >= 0.3 is 0 Å². The summed E-state index contributed by atoms with van der Waals surface area (Å²) in [4.78, 5) is 9.75. The highest BCUT2D eigenvalue weighted by Gasteiger charge is 2.11. The highest BCUT2D eigenvalue weighted by molar-refractivity contribution is 7.12. The number of aryl methyl sites for hydroxylation is 1. The normalized spacial score (nSPS) is 11.4. The summed E-state index contributed by atoms with van der Waals surface area (Å²) in [5.74, 6) is 1.34. The lowest BCUT2D eigenvalue weighted by Crippen LogP contribution is -1.92. The van der Waals surface area contributed by atoms with E-state index < -0.39 is 0 Å². The van der Waals surface area contributed by atoms with Crippen molar-refractivity contribution in [1.29, 1.82) is 0 Å². The first kappa shape index (κ1) is 9.52. The molecule has 0 aliphatic carbocycles. The lowest BCUT2D eigenvalue weighted by molar-refractivity contribution is 0.848. The molecule has 0 saturated carbocycles. The molecule has 0 unspecified atom stereocenters. The van der Waals surface area contributed by atoms with Gasteiger partial charge in [0, 0.05) is 12.6 Å². The fourth-order valence-corrected chi connectivity index (χ4v) is 2.27. The summed E-state index contributed by atoms with van der Waals surface area (Å²) in [5.41, 5.74) is 1.12. The van der Waals surface area contributed by atoms with E-state index in [1.807, 2.05) is 6.20 Å². The van der Waals surface area contributed by atoms with Crippen LogP contribution in [0.5, 0.6) is 0 Å². The van der Waals surface area contributed by atoms with E-state index in [4.69, 9.17) is 0 Å². The summed E-state index contributed by atoms with van der Waals surface area (Å²) < 4.78 is 4.41. The first-order valence-electron chi connectivity index (χ1n) is 4.83. The zero-order valence-corrected chi connectivity index (χ0v) is 9.43. The van der Waals surface area contributed by atoms with E-state index in [0.717, 1.165) is 28.2 Å². The van der Waals surface area contributed by atoms with Gasteiger partial charge in [-0.3, -0.25) is 0 Å². The fourth-order valence-electron chi connectivity index (χ4n) is 1.37. The van der Waals surface area contributed by atoms with Gasteiger partial charge in [0.2, 0.25) is 0 Å². The lowest BCUT2D eigenvalue weighted by atomic mass is 10.1. The molecular formula is C10H13N3S. The van der Waals surface area contributed by atoms with Crippen molar-refractivity contribution in [2.75, 3.05) is 0 Å². The molecule has 0 fully saturated rings. The van der Waals surface area contributed by atoms with Crippen LogP contribution in [0.25, 0.3) is 10.2 Å². The summed E-state index contributed by atoms with van der Waals surface area (Å²) in [6.45, 7) is 6.34. The SMILES string of the molecule is CCc1ncc2c(C(C)C)nsc2n1. The third-order valence-corrected chi connectivity index (χ3v) is 2.95. The van der Waals surface area contributed by atoms with Crippen LogP contribution in [-0.2, 0) is 6.42 Å². The van der Waals surface area contributed by atoms with Gasteiger partial charge in [0.15, 0.2) is 0 Å². The van der Waals surface area contributed by atoms with Gasteiger partial charge in [-0.1, -0.05) is 20.8 Å². The zero-order valence-electron chi connectivity index (χ0n) is 8.61. The Balaban J connectivity index is 2.59. The first-order valence-corrected chi connectivity index (χ1v) is 5.61. The molecule has 0 spiro atoms. The van der Waals surface area contributed by atoms with Crippen LogP contribution in [0.3, 0.4) is 0 Å². The van der Waals surface area contributed by atoms with Crippen molar-refractivity contribution in [1.82, 2.24) is 14.3 Å². The number of aromatic nitrogens is 3. The maximum atomic E-state index is 4.44. The van der Waals surface area contributed by atoms with Crippen LogP contribution in [0.15, 0.2) is 6.20 Å². The monoisotopic (exact) mass is 207 g/mol. The van der Waals surface area contributed by atoms with Crippen LogP contribution >= 0.6 is 11.5 Å². The number of nitrogens with zero attached hydrogens (tertiary/aromatic N) is 3. The first-order chi connectivity index (χ1) is 6.72. The predicted octanol–water partition coefficient (Wildman–Crippen LogP) is 2.77. The van der Waals surface area contributed by atoms with E-state index in [9.17, 15) is 0 Å². The number of hydrogen-bond donors (Lipinski definition) is 0. The predicted molar refractivity (Wildman–Crippen MR) is 58.7 cm³/mol. The molecule has 0 amide bonds. The second kappa shape index (κ2) is 3.61. The molecule has 4 heteroatoms. The smallest absolute Gasteiger partial charge is 0.147 e. The number of hydrogen-bond acceptors (Lipinski definition) is 4. The van der Waals surface area contributed by atoms with Crippen molar-refractivity contribution >= 4 is 21.7 Å². The van der Waals surface area contributed by atoms with E-state index in [1.54, 1.807) is 0 Å². The van der Waals surface area contributed by atoms with Crippen molar-refractivity contribution in [2.45, 2.75) is 33.1 Å². The van der Waals surface area contributed by atoms with Gasteiger partial charge < -0.3 is 0 Å². The van der Waals surface area contributed by atoms with Crippen LogP contribution in [0.2, 0.25) is 0 Å². The molecule has 2 rings (SSSR count). The molecule has 0 aromatic carbocycles. The van der Waals surface area contributed by atoms with Gasteiger partial charge in [-0.25, -0.2) is 9.97 Å². The minimum Gasteiger partial charge on any atom is -0.241 e. The van der Waals surface area contributed by atoms with Crippen molar-refractivity contribution in [3.05, 3.63) is 17.7 Å². The topological polar surface area (TPSA) is 38.7 Å². The summed E-state index contributed by atoms with van der Waals surface area (Å²) in [5, 5.41) is 1.11. The maximum Gasteiger partial charge on any atom is 0.147 e. The number of rotatable bonds is 2. The third-order valence-electron chi connectivity index (χ3n) is 2.17. The van der Waals surface area contributed by atoms with E-state index >= 15 is 0 Å². The van der Waals surface area contributed by atoms with Gasteiger partial charge in [0.05, 0.1) is 11.1 Å². The second-order valence-electron chi connectivity index (χ2n) is 3.58. The van der Waals surface area contributed by atoms with Crippen molar-refractivity contribution in [2.24, 2.45) is 0 Å². The Morgan fingerprint density at radius 3 is 2.86 bits per heavy atom. The molecule has 0 aliphatic rings.